The van der Waals surface area contributed by atoms with Gasteiger partial charge in [0.05, 0.1) is 10.0 Å². The molecule has 0 radical (unpaired) electrons. The van der Waals surface area contributed by atoms with Gasteiger partial charge in [-0.3, -0.25) is 0 Å². The van der Waals surface area contributed by atoms with E-state index in [1.54, 1.807) is 12.1 Å². The van der Waals surface area contributed by atoms with Gasteiger partial charge in [0.2, 0.25) is 0 Å². The summed E-state index contributed by atoms with van der Waals surface area (Å²) in [6, 6.07) is 16.7. The molecule has 0 aromatic heterocycles. The van der Waals surface area contributed by atoms with Crippen LogP contribution in [-0.2, 0) is 27.3 Å². The summed E-state index contributed by atoms with van der Waals surface area (Å²) in [5.41, 5.74) is 9.80. The van der Waals surface area contributed by atoms with Crippen LogP contribution in [-0.4, -0.2) is 14.7 Å². The molecule has 0 saturated heterocycles. The van der Waals surface area contributed by atoms with E-state index in [2.05, 4.69) is 14.4 Å². The molecule has 0 spiro atoms. The summed E-state index contributed by atoms with van der Waals surface area (Å²) < 4.78 is 26.8. The molecule has 0 aliphatic heterocycles. The number of hydrogen-bond donors (Lipinski definition) is 0. The molecule has 2 aromatic rings. The van der Waals surface area contributed by atoms with E-state index in [4.69, 9.17) is 5.73 Å². The second-order valence-corrected chi connectivity index (χ2v) is 6.26. The molecule has 2 atom stereocenters. The standard InChI is InChI=1S/C15H16N2O2S.CH3.ClH.Ru/c1-20(18,19)17-15(13-10-6-3-7-11-13)14(16)12-8-4-2-5-9-12;;;/h2-11,14-16H,1H3;1H3;1H;/q-2;-1;;+4/p-1. The minimum absolute atomic E-state index is 0. The van der Waals surface area contributed by atoms with Gasteiger partial charge >= 0.3 is 27.0 Å². The predicted octanol–water partition coefficient (Wildman–Crippen LogP) is 4.99. The number of hydrogen-bond acceptors (Lipinski definition) is 2. The maximum absolute atomic E-state index is 11.5. The van der Waals surface area contributed by atoms with Crippen molar-refractivity contribution in [2.24, 2.45) is 0 Å². The van der Waals surface area contributed by atoms with E-state index in [9.17, 15) is 8.42 Å². The van der Waals surface area contributed by atoms with E-state index in [0.29, 0.717) is 0 Å². The molecule has 0 saturated carbocycles. The van der Waals surface area contributed by atoms with Crippen molar-refractivity contribution >= 4 is 19.7 Å². The number of benzene rings is 2. The topological polar surface area (TPSA) is 72.0 Å². The summed E-state index contributed by atoms with van der Waals surface area (Å²) in [6.07, 6.45) is 1.06. The van der Waals surface area contributed by atoms with Crippen LogP contribution in [0, 0.1) is 7.43 Å². The van der Waals surface area contributed by atoms with Gasteiger partial charge in [0.1, 0.15) is 0 Å². The zero-order valence-corrected chi connectivity index (χ0v) is 16.1. The van der Waals surface area contributed by atoms with Crippen molar-refractivity contribution in [3.05, 3.63) is 89.7 Å². The number of sulfonamides is 1. The second-order valence-electron chi connectivity index (χ2n) is 4.58. The Kier molecular flexibility index (Phi) is 10.5. The van der Waals surface area contributed by atoms with Crippen LogP contribution in [0.2, 0.25) is 0 Å². The second kappa shape index (κ2) is 10.9. The fraction of sp³-hybridized carbons (Fsp3) is 0.188. The van der Waals surface area contributed by atoms with Crippen LogP contribution in [0.4, 0.5) is 0 Å². The summed E-state index contributed by atoms with van der Waals surface area (Å²) in [7, 11) is 1.05. The molecule has 126 valence electrons. The Morgan fingerprint density at radius 1 is 0.957 bits per heavy atom. The summed E-state index contributed by atoms with van der Waals surface area (Å²) in [5, 5.41) is 0. The SMILES string of the molecule is CS(=O)(=O)[N-]C(c1ccccc1)C([NH-])c1ccccc1.[CH3-].[Cl][Ru+3]. The van der Waals surface area contributed by atoms with Crippen molar-refractivity contribution < 1.29 is 25.7 Å². The van der Waals surface area contributed by atoms with Crippen molar-refractivity contribution in [1.29, 1.82) is 0 Å². The molecular formula is C16H19ClN2O2RuS. The normalized spacial score (nSPS) is 13.0. The summed E-state index contributed by atoms with van der Waals surface area (Å²) in [6.45, 7) is 0. The van der Waals surface area contributed by atoms with Gasteiger partial charge in [0.25, 0.3) is 0 Å². The Hall–Kier alpha value is -0.777. The first-order chi connectivity index (χ1) is 10.5. The van der Waals surface area contributed by atoms with E-state index in [0.717, 1.165) is 17.4 Å². The monoisotopic (exact) mass is 440 g/mol. The zero-order valence-electron chi connectivity index (χ0n) is 12.8. The van der Waals surface area contributed by atoms with Gasteiger partial charge in [-0.2, -0.15) is 0 Å². The fourth-order valence-corrected chi connectivity index (χ4v) is 2.67. The third-order valence-corrected chi connectivity index (χ3v) is 3.53. The van der Waals surface area contributed by atoms with Crippen LogP contribution < -0.4 is 0 Å². The van der Waals surface area contributed by atoms with Gasteiger partial charge in [0.15, 0.2) is 0 Å². The number of rotatable bonds is 5. The molecule has 0 amide bonds. The number of halogens is 1. The quantitative estimate of drug-likeness (QED) is 0.486. The first-order valence-electron chi connectivity index (χ1n) is 6.34. The van der Waals surface area contributed by atoms with Crippen LogP contribution in [0.1, 0.15) is 23.2 Å². The van der Waals surface area contributed by atoms with Crippen LogP contribution in [0.15, 0.2) is 60.7 Å². The van der Waals surface area contributed by atoms with Gasteiger partial charge < -0.3 is 17.9 Å². The molecule has 0 aliphatic rings. The van der Waals surface area contributed by atoms with E-state index in [1.165, 1.54) is 0 Å². The Labute approximate surface area is 153 Å². The Morgan fingerprint density at radius 3 is 1.74 bits per heavy atom. The first kappa shape index (κ1) is 22.2. The molecule has 2 aromatic carbocycles. The van der Waals surface area contributed by atoms with Crippen LogP contribution in [0.5, 0.6) is 0 Å². The third-order valence-electron chi connectivity index (χ3n) is 2.92. The van der Waals surface area contributed by atoms with Crippen LogP contribution in [0.3, 0.4) is 0 Å². The van der Waals surface area contributed by atoms with Gasteiger partial charge in [-0.15, -0.1) is 12.1 Å². The molecule has 1 N–H and O–H groups in total. The molecule has 23 heavy (non-hydrogen) atoms. The average molecular weight is 440 g/mol. The van der Waals surface area contributed by atoms with Crippen LogP contribution >= 0.6 is 9.69 Å². The van der Waals surface area contributed by atoms with E-state index >= 15 is 0 Å². The summed E-state index contributed by atoms with van der Waals surface area (Å²) in [5.74, 6) is 0. The van der Waals surface area contributed by atoms with Gasteiger partial charge in [-0.25, -0.2) is 8.42 Å². The van der Waals surface area contributed by atoms with Crippen molar-refractivity contribution in [3.63, 3.8) is 0 Å². The molecular weight excluding hydrogens is 421 g/mol. The zero-order chi connectivity index (χ0) is 16.6. The van der Waals surface area contributed by atoms with Gasteiger partial charge in [-0.1, -0.05) is 71.8 Å². The Bertz CT molecular complexity index is 654. The van der Waals surface area contributed by atoms with E-state index in [-0.39, 0.29) is 7.43 Å². The Balaban J connectivity index is 0.00000155. The molecule has 0 aliphatic carbocycles. The molecule has 0 heterocycles. The predicted molar refractivity (Wildman–Crippen MR) is 93.2 cm³/mol. The van der Waals surface area contributed by atoms with E-state index in [1.807, 2.05) is 65.8 Å². The molecule has 7 heteroatoms. The number of nitrogens with one attached hydrogen (secondary N) is 1. The first-order valence-corrected chi connectivity index (χ1v) is 10.4. The number of nitrogens with zero attached hydrogens (tertiary/aromatic N) is 1. The summed E-state index contributed by atoms with van der Waals surface area (Å²) in [4.78, 5) is 0. The average Bonchev–Trinajstić information content (AvgIpc) is 2.55. The fourth-order valence-electron chi connectivity index (χ4n) is 2.01. The maximum atomic E-state index is 11.5. The van der Waals surface area contributed by atoms with Crippen molar-refractivity contribution in [3.8, 4) is 0 Å². The van der Waals surface area contributed by atoms with Gasteiger partial charge in [0, 0.05) is 6.26 Å². The Morgan fingerprint density at radius 2 is 1.35 bits per heavy atom. The minimum atomic E-state index is -3.52. The molecule has 2 rings (SSSR count). The molecule has 0 fully saturated rings. The molecule has 4 nitrogen and oxygen atoms in total. The van der Waals surface area contributed by atoms with Gasteiger partial charge in [-0.05, 0) is 0 Å². The van der Waals surface area contributed by atoms with Crippen molar-refractivity contribution in [1.82, 2.24) is 0 Å². The summed E-state index contributed by atoms with van der Waals surface area (Å²) >= 11 is 1.82. The third kappa shape index (κ3) is 7.55. The van der Waals surface area contributed by atoms with Crippen LogP contribution in [0.25, 0.3) is 10.5 Å². The van der Waals surface area contributed by atoms with E-state index < -0.39 is 22.1 Å². The van der Waals surface area contributed by atoms with Crippen molar-refractivity contribution in [2.45, 2.75) is 12.1 Å². The van der Waals surface area contributed by atoms with Crippen molar-refractivity contribution in [2.75, 3.05) is 6.26 Å². The molecule has 2 unspecified atom stereocenters. The molecule has 0 bridgehead atoms.